The lowest BCUT2D eigenvalue weighted by Gasteiger charge is -2.20. The summed E-state index contributed by atoms with van der Waals surface area (Å²) in [7, 11) is -2.05. The van der Waals surface area contributed by atoms with Gasteiger partial charge in [0.2, 0.25) is 10.0 Å². The van der Waals surface area contributed by atoms with Crippen molar-refractivity contribution in [3.63, 3.8) is 0 Å². The molecule has 0 radical (unpaired) electrons. The third-order valence-corrected chi connectivity index (χ3v) is 5.44. The van der Waals surface area contributed by atoms with Crippen LogP contribution in [0.15, 0.2) is 59.5 Å². The van der Waals surface area contributed by atoms with Crippen LogP contribution in [0.4, 0.5) is 0 Å². The molecule has 0 aliphatic carbocycles. The van der Waals surface area contributed by atoms with E-state index in [2.05, 4.69) is 0 Å². The highest BCUT2D eigenvalue weighted by Crippen LogP contribution is 2.28. The summed E-state index contributed by atoms with van der Waals surface area (Å²) >= 11 is 0. The summed E-state index contributed by atoms with van der Waals surface area (Å²) in [6.45, 7) is 1.93. The van der Waals surface area contributed by atoms with Gasteiger partial charge in [0, 0.05) is 19.2 Å². The molecule has 2 aromatic carbocycles. The maximum atomic E-state index is 12.8. The molecule has 0 aromatic heterocycles. The molecular weight excluding hydrogens is 298 g/mol. The fourth-order valence-corrected chi connectivity index (χ4v) is 3.60. The summed E-state index contributed by atoms with van der Waals surface area (Å²) in [6, 6.07) is 16.4. The second-order valence-electron chi connectivity index (χ2n) is 5.33. The first kappa shape index (κ1) is 16.7. The van der Waals surface area contributed by atoms with Crippen molar-refractivity contribution in [2.75, 3.05) is 13.6 Å². The minimum Gasteiger partial charge on any atom is -0.393 e. The third-order valence-electron chi connectivity index (χ3n) is 3.52. The van der Waals surface area contributed by atoms with Crippen LogP contribution >= 0.6 is 0 Å². The number of benzene rings is 2. The van der Waals surface area contributed by atoms with Crippen LogP contribution in [0, 0.1) is 0 Å². The van der Waals surface area contributed by atoms with E-state index in [-0.39, 0.29) is 11.4 Å². The Labute approximate surface area is 132 Å². The summed E-state index contributed by atoms with van der Waals surface area (Å²) < 4.78 is 26.9. The summed E-state index contributed by atoms with van der Waals surface area (Å²) in [4.78, 5) is 0.286. The van der Waals surface area contributed by atoms with E-state index in [0.717, 1.165) is 5.56 Å². The molecule has 5 heteroatoms. The standard InChI is InChI=1S/C17H21NO3S/c1-14(19)12-13-18(2)22(20,21)17-11-7-6-10-16(17)15-8-4-3-5-9-15/h3-11,14,19H,12-13H2,1-2H3/t14-/m1/s1. The second kappa shape index (κ2) is 7.05. The maximum Gasteiger partial charge on any atom is 0.243 e. The Morgan fingerprint density at radius 1 is 1.05 bits per heavy atom. The van der Waals surface area contributed by atoms with Gasteiger partial charge in [0.25, 0.3) is 0 Å². The van der Waals surface area contributed by atoms with E-state index >= 15 is 0 Å². The van der Waals surface area contributed by atoms with Crippen molar-refractivity contribution in [3.8, 4) is 11.1 Å². The summed E-state index contributed by atoms with van der Waals surface area (Å²) in [5.41, 5.74) is 1.55. The number of rotatable bonds is 6. The average Bonchev–Trinajstić information content (AvgIpc) is 2.53. The lowest BCUT2D eigenvalue weighted by atomic mass is 10.1. The highest BCUT2D eigenvalue weighted by molar-refractivity contribution is 7.89. The van der Waals surface area contributed by atoms with Gasteiger partial charge in [-0.2, -0.15) is 0 Å². The van der Waals surface area contributed by atoms with Crippen molar-refractivity contribution >= 4 is 10.0 Å². The van der Waals surface area contributed by atoms with E-state index in [1.165, 1.54) is 4.31 Å². The Hall–Kier alpha value is -1.69. The Balaban J connectivity index is 2.40. The lowest BCUT2D eigenvalue weighted by Crippen LogP contribution is -2.30. The van der Waals surface area contributed by atoms with Crippen molar-refractivity contribution in [1.82, 2.24) is 4.31 Å². The predicted molar refractivity (Wildman–Crippen MR) is 88.0 cm³/mol. The largest absolute Gasteiger partial charge is 0.393 e. The van der Waals surface area contributed by atoms with Gasteiger partial charge in [0.05, 0.1) is 11.0 Å². The Morgan fingerprint density at radius 3 is 2.27 bits per heavy atom. The van der Waals surface area contributed by atoms with Gasteiger partial charge in [-0.15, -0.1) is 0 Å². The van der Waals surface area contributed by atoms with Gasteiger partial charge < -0.3 is 5.11 Å². The van der Waals surface area contributed by atoms with Gasteiger partial charge in [0.1, 0.15) is 0 Å². The van der Waals surface area contributed by atoms with Crippen LogP contribution < -0.4 is 0 Å². The Morgan fingerprint density at radius 2 is 1.64 bits per heavy atom. The Kier molecular flexibility index (Phi) is 5.34. The average molecular weight is 319 g/mol. The zero-order chi connectivity index (χ0) is 16.2. The minimum absolute atomic E-state index is 0.281. The highest BCUT2D eigenvalue weighted by Gasteiger charge is 2.24. The number of nitrogens with zero attached hydrogens (tertiary/aromatic N) is 1. The van der Waals surface area contributed by atoms with Crippen molar-refractivity contribution in [1.29, 1.82) is 0 Å². The summed E-state index contributed by atoms with van der Waals surface area (Å²) in [6.07, 6.45) is -0.120. The van der Waals surface area contributed by atoms with E-state index in [0.29, 0.717) is 12.0 Å². The van der Waals surface area contributed by atoms with Crippen LogP contribution in [0.5, 0.6) is 0 Å². The van der Waals surface area contributed by atoms with Crippen LogP contribution in [-0.2, 0) is 10.0 Å². The normalized spacial score (nSPS) is 13.3. The molecule has 22 heavy (non-hydrogen) atoms. The molecule has 0 aliphatic rings. The molecule has 2 aromatic rings. The smallest absolute Gasteiger partial charge is 0.243 e. The molecule has 0 heterocycles. The molecule has 1 atom stereocenters. The topological polar surface area (TPSA) is 57.6 Å². The monoisotopic (exact) mass is 319 g/mol. The molecule has 0 amide bonds. The zero-order valence-electron chi connectivity index (χ0n) is 12.8. The van der Waals surface area contributed by atoms with E-state index in [4.69, 9.17) is 0 Å². The van der Waals surface area contributed by atoms with Gasteiger partial charge in [-0.25, -0.2) is 12.7 Å². The maximum absolute atomic E-state index is 12.8. The van der Waals surface area contributed by atoms with Crippen LogP contribution in [0.1, 0.15) is 13.3 Å². The number of aliphatic hydroxyl groups excluding tert-OH is 1. The molecule has 4 nitrogen and oxygen atoms in total. The first-order chi connectivity index (χ1) is 10.4. The number of aliphatic hydroxyl groups is 1. The highest BCUT2D eigenvalue weighted by atomic mass is 32.2. The van der Waals surface area contributed by atoms with Crippen molar-refractivity contribution < 1.29 is 13.5 Å². The van der Waals surface area contributed by atoms with Crippen LogP contribution in [0.3, 0.4) is 0 Å². The quantitative estimate of drug-likeness (QED) is 0.890. The van der Waals surface area contributed by atoms with E-state index < -0.39 is 16.1 Å². The fraction of sp³-hybridized carbons (Fsp3) is 0.294. The van der Waals surface area contributed by atoms with E-state index in [1.807, 2.05) is 42.5 Å². The first-order valence-electron chi connectivity index (χ1n) is 7.22. The van der Waals surface area contributed by atoms with Crippen LogP contribution in [-0.4, -0.2) is 37.5 Å². The molecule has 0 fully saturated rings. The predicted octanol–water partition coefficient (Wildman–Crippen LogP) is 2.75. The second-order valence-corrected chi connectivity index (χ2v) is 7.34. The minimum atomic E-state index is -3.59. The van der Waals surface area contributed by atoms with Crippen LogP contribution in [0.25, 0.3) is 11.1 Å². The van der Waals surface area contributed by atoms with E-state index in [1.54, 1.807) is 26.1 Å². The van der Waals surface area contributed by atoms with Crippen molar-refractivity contribution in [2.45, 2.75) is 24.3 Å². The van der Waals surface area contributed by atoms with Gasteiger partial charge >= 0.3 is 0 Å². The number of sulfonamides is 1. The van der Waals surface area contributed by atoms with Gasteiger partial charge in [0.15, 0.2) is 0 Å². The van der Waals surface area contributed by atoms with E-state index in [9.17, 15) is 13.5 Å². The number of hydrogen-bond acceptors (Lipinski definition) is 3. The molecule has 0 saturated heterocycles. The molecule has 0 unspecified atom stereocenters. The zero-order valence-corrected chi connectivity index (χ0v) is 13.6. The third kappa shape index (κ3) is 3.74. The van der Waals surface area contributed by atoms with Gasteiger partial charge in [-0.3, -0.25) is 0 Å². The molecule has 0 spiro atoms. The SMILES string of the molecule is C[C@@H](O)CCN(C)S(=O)(=O)c1ccccc1-c1ccccc1. The van der Waals surface area contributed by atoms with Gasteiger partial charge in [-0.1, -0.05) is 48.5 Å². The van der Waals surface area contributed by atoms with Crippen molar-refractivity contribution in [3.05, 3.63) is 54.6 Å². The molecular formula is C17H21NO3S. The number of hydrogen-bond donors (Lipinski definition) is 1. The molecule has 0 saturated carbocycles. The molecule has 118 valence electrons. The molecule has 1 N–H and O–H groups in total. The van der Waals surface area contributed by atoms with Crippen LogP contribution in [0.2, 0.25) is 0 Å². The summed E-state index contributed by atoms with van der Waals surface area (Å²) in [5, 5.41) is 9.35. The van der Waals surface area contributed by atoms with Gasteiger partial charge in [-0.05, 0) is 25.0 Å². The van der Waals surface area contributed by atoms with Crippen molar-refractivity contribution in [2.24, 2.45) is 0 Å². The fourth-order valence-electron chi connectivity index (χ4n) is 2.20. The Bertz CT molecular complexity index is 712. The summed E-state index contributed by atoms with van der Waals surface area (Å²) in [5.74, 6) is 0. The lowest BCUT2D eigenvalue weighted by molar-refractivity contribution is 0.177. The molecule has 0 aliphatic heterocycles. The molecule has 0 bridgehead atoms. The first-order valence-corrected chi connectivity index (χ1v) is 8.66. The molecule has 2 rings (SSSR count).